The number of nitrogens with one attached hydrogen (secondary N) is 3. The number of ether oxygens (including phenoxy) is 1. The average molecular weight is 709 g/mol. The van der Waals surface area contributed by atoms with Gasteiger partial charge in [-0.05, 0) is 41.5 Å². The number of carbonyl (C=O) groups excluding carboxylic acids is 3. The van der Waals surface area contributed by atoms with Crippen LogP contribution in [0.3, 0.4) is 0 Å². The molecule has 1 aromatic heterocycles. The molecule has 11 nitrogen and oxygen atoms in total. The predicted octanol–water partition coefficient (Wildman–Crippen LogP) is 5.77. The van der Waals surface area contributed by atoms with E-state index in [1.165, 1.54) is 6.08 Å². The number of aromatic nitrogens is 1. The first kappa shape index (κ1) is 36.6. The molecule has 0 aliphatic heterocycles. The molecule has 0 bridgehead atoms. The van der Waals surface area contributed by atoms with Crippen LogP contribution in [0.4, 0.5) is 5.69 Å². The highest BCUT2D eigenvalue weighted by Gasteiger charge is 2.34. The molecule has 0 saturated carbocycles. The number of rotatable bonds is 13. The number of fused-ring (bicyclic) bond motifs is 1. The van der Waals surface area contributed by atoms with Gasteiger partial charge in [0.1, 0.15) is 12.0 Å². The lowest BCUT2D eigenvalue weighted by Gasteiger charge is -2.23. The zero-order valence-electron chi connectivity index (χ0n) is 24.8. The summed E-state index contributed by atoms with van der Waals surface area (Å²) in [7, 11) is 0. The number of aliphatic imine (C=N–C) groups is 1. The van der Waals surface area contributed by atoms with Gasteiger partial charge in [0.2, 0.25) is 15.6 Å². The van der Waals surface area contributed by atoms with Gasteiger partial charge in [0, 0.05) is 24.1 Å². The van der Waals surface area contributed by atoms with E-state index in [-0.39, 0.29) is 29.9 Å². The van der Waals surface area contributed by atoms with Crippen LogP contribution in [0.1, 0.15) is 32.3 Å². The van der Waals surface area contributed by atoms with Gasteiger partial charge < -0.3 is 25.8 Å². The molecule has 0 spiro atoms. The molecule has 0 saturated heterocycles. The number of amidine groups is 1. The second-order valence-electron chi connectivity index (χ2n) is 10.0. The fourth-order valence-corrected chi connectivity index (χ4v) is 4.82. The maximum absolute atomic E-state index is 12.7. The standard InChI is InChI=1S/C31H32Cl3N5O6S/c1-19(2)26(28(43)44)37-23(40)15-16-25(42)45-18-46-30(36-22-12-6-10-21-11-7-17-35-27(21)22)39-29(31(32,33)34)38-24(41)14-13-20-8-4-3-5-9-20/h3-14,17,19,26,29H,15-16,18H2,1-2H3,(H,36,39)(H,37,40)(H,38,41)(H,43,44)/b14-13+/t26-,29?/m0/s1. The van der Waals surface area contributed by atoms with Crippen LogP contribution in [0.2, 0.25) is 0 Å². The number of halogens is 3. The number of hydrogen-bond acceptors (Lipinski definition) is 8. The van der Waals surface area contributed by atoms with Gasteiger partial charge >= 0.3 is 11.9 Å². The molecule has 1 unspecified atom stereocenters. The van der Waals surface area contributed by atoms with Crippen molar-refractivity contribution >= 4 is 98.2 Å². The summed E-state index contributed by atoms with van der Waals surface area (Å²) in [6.45, 7) is 3.32. The predicted molar refractivity (Wildman–Crippen MR) is 183 cm³/mol. The molecule has 3 rings (SSSR count). The van der Waals surface area contributed by atoms with E-state index in [1.807, 2.05) is 42.5 Å². The van der Waals surface area contributed by atoms with Crippen molar-refractivity contribution in [2.45, 2.75) is 42.7 Å². The molecule has 1 heterocycles. The Morgan fingerprint density at radius 1 is 1.00 bits per heavy atom. The molecule has 244 valence electrons. The number of pyridine rings is 1. The molecule has 0 aliphatic rings. The van der Waals surface area contributed by atoms with Crippen molar-refractivity contribution in [3.05, 3.63) is 78.5 Å². The third-order valence-corrected chi connectivity index (χ3v) is 7.49. The number of hydrogen-bond donors (Lipinski definition) is 4. The average Bonchev–Trinajstić information content (AvgIpc) is 3.01. The SMILES string of the molecule is CC(C)[C@H](NC(=O)CCC(=O)OCSC(=NC(NC(=O)/C=C/c1ccccc1)C(Cl)(Cl)Cl)Nc1cccc2cccnc12)C(=O)O. The van der Waals surface area contributed by atoms with Crippen LogP contribution in [0.15, 0.2) is 77.9 Å². The molecule has 0 aliphatic carbocycles. The van der Waals surface area contributed by atoms with E-state index >= 15 is 0 Å². The van der Waals surface area contributed by atoms with E-state index in [4.69, 9.17) is 39.5 Å². The lowest BCUT2D eigenvalue weighted by molar-refractivity contribution is -0.144. The van der Waals surface area contributed by atoms with Crippen LogP contribution in [-0.4, -0.2) is 61.0 Å². The maximum atomic E-state index is 12.7. The summed E-state index contributed by atoms with van der Waals surface area (Å²) in [4.78, 5) is 57.5. The fraction of sp³-hybridized carbons (Fsp3) is 0.290. The van der Waals surface area contributed by atoms with Gasteiger partial charge in [0.25, 0.3) is 0 Å². The fourth-order valence-electron chi connectivity index (χ4n) is 3.85. The lowest BCUT2D eigenvalue weighted by atomic mass is 10.0. The highest BCUT2D eigenvalue weighted by molar-refractivity contribution is 8.14. The van der Waals surface area contributed by atoms with Crippen LogP contribution in [0, 0.1) is 5.92 Å². The largest absolute Gasteiger partial charge is 0.480 e. The molecule has 0 radical (unpaired) electrons. The summed E-state index contributed by atoms with van der Waals surface area (Å²) in [5.74, 6) is -3.65. The van der Waals surface area contributed by atoms with Crippen molar-refractivity contribution < 1.29 is 29.0 Å². The minimum absolute atomic E-state index is 0.119. The Hall–Kier alpha value is -3.84. The molecule has 4 N–H and O–H groups in total. The third kappa shape index (κ3) is 12.2. The Morgan fingerprint density at radius 2 is 1.72 bits per heavy atom. The minimum atomic E-state index is -2.07. The summed E-state index contributed by atoms with van der Waals surface area (Å²) in [5.41, 5.74) is 1.94. The zero-order valence-corrected chi connectivity index (χ0v) is 27.9. The van der Waals surface area contributed by atoms with Crippen LogP contribution in [0.5, 0.6) is 0 Å². The van der Waals surface area contributed by atoms with Crippen molar-refractivity contribution in [2.24, 2.45) is 10.9 Å². The number of carboxylic acid groups (broad SMARTS) is 1. The first-order valence-corrected chi connectivity index (χ1v) is 16.0. The number of para-hydroxylation sites is 1. The summed E-state index contributed by atoms with van der Waals surface area (Å²) in [6.07, 6.45) is 2.57. The normalized spacial score (nSPS) is 13.3. The van der Waals surface area contributed by atoms with E-state index in [0.717, 1.165) is 22.7 Å². The molecule has 2 amide bonds. The summed E-state index contributed by atoms with van der Waals surface area (Å²) >= 11 is 19.6. The van der Waals surface area contributed by atoms with Gasteiger partial charge in [-0.3, -0.25) is 19.4 Å². The second kappa shape index (κ2) is 17.7. The monoisotopic (exact) mass is 707 g/mol. The molecule has 3 aromatic rings. The smallest absolute Gasteiger partial charge is 0.326 e. The van der Waals surface area contributed by atoms with Gasteiger partial charge in [-0.15, -0.1) is 0 Å². The number of amides is 2. The number of aliphatic carboxylic acids is 1. The lowest BCUT2D eigenvalue weighted by Crippen LogP contribution is -2.44. The number of carbonyl (C=O) groups is 4. The zero-order chi connectivity index (χ0) is 33.7. The molecule has 0 fully saturated rings. The van der Waals surface area contributed by atoms with E-state index < -0.39 is 39.8 Å². The van der Waals surface area contributed by atoms with Crippen molar-refractivity contribution in [1.29, 1.82) is 0 Å². The van der Waals surface area contributed by atoms with Gasteiger partial charge in [0.15, 0.2) is 11.3 Å². The third-order valence-electron chi connectivity index (χ3n) is 6.16. The number of esters is 1. The summed E-state index contributed by atoms with van der Waals surface area (Å²) < 4.78 is 3.20. The first-order valence-electron chi connectivity index (χ1n) is 13.9. The highest BCUT2D eigenvalue weighted by atomic mass is 35.6. The van der Waals surface area contributed by atoms with Crippen LogP contribution in [0.25, 0.3) is 17.0 Å². The number of alkyl halides is 3. The quantitative estimate of drug-likeness (QED) is 0.0432. The highest BCUT2D eigenvalue weighted by Crippen LogP contribution is 2.32. The number of carboxylic acids is 1. The van der Waals surface area contributed by atoms with Crippen molar-refractivity contribution in [1.82, 2.24) is 15.6 Å². The molecule has 2 aromatic carbocycles. The van der Waals surface area contributed by atoms with Gasteiger partial charge in [-0.25, -0.2) is 9.79 Å². The van der Waals surface area contributed by atoms with E-state index in [0.29, 0.717) is 11.2 Å². The molecule has 15 heteroatoms. The Bertz CT molecular complexity index is 1580. The summed E-state index contributed by atoms with van der Waals surface area (Å²) in [6, 6.07) is 17.1. The molecule has 2 atom stereocenters. The summed E-state index contributed by atoms with van der Waals surface area (Å²) in [5, 5.41) is 18.3. The van der Waals surface area contributed by atoms with E-state index in [9.17, 15) is 24.3 Å². The maximum Gasteiger partial charge on any atom is 0.326 e. The van der Waals surface area contributed by atoms with E-state index in [1.54, 1.807) is 44.3 Å². The van der Waals surface area contributed by atoms with Crippen LogP contribution >= 0.6 is 46.6 Å². The number of thioether (sulfide) groups is 1. The first-order chi connectivity index (χ1) is 21.8. The molecular weight excluding hydrogens is 677 g/mol. The minimum Gasteiger partial charge on any atom is -0.480 e. The van der Waals surface area contributed by atoms with Crippen LogP contribution in [-0.2, 0) is 23.9 Å². The molecule has 46 heavy (non-hydrogen) atoms. The Kier molecular flexibility index (Phi) is 14.1. The number of nitrogens with zero attached hydrogens (tertiary/aromatic N) is 2. The van der Waals surface area contributed by atoms with Gasteiger partial charge in [0.05, 0.1) is 17.6 Å². The van der Waals surface area contributed by atoms with Crippen molar-refractivity contribution in [2.75, 3.05) is 11.3 Å². The van der Waals surface area contributed by atoms with Crippen molar-refractivity contribution in [3.63, 3.8) is 0 Å². The topological polar surface area (TPSA) is 159 Å². The molecular formula is C31H32Cl3N5O6S. The Morgan fingerprint density at radius 3 is 2.39 bits per heavy atom. The number of anilines is 1. The Balaban J connectivity index is 1.74. The van der Waals surface area contributed by atoms with Crippen LogP contribution < -0.4 is 16.0 Å². The Labute approximate surface area is 285 Å². The van der Waals surface area contributed by atoms with Gasteiger partial charge in [-0.2, -0.15) is 0 Å². The van der Waals surface area contributed by atoms with Crippen molar-refractivity contribution in [3.8, 4) is 0 Å². The second-order valence-corrected chi connectivity index (χ2v) is 13.3. The number of benzene rings is 2. The van der Waals surface area contributed by atoms with E-state index in [2.05, 4.69) is 25.9 Å². The van der Waals surface area contributed by atoms with Gasteiger partial charge in [-0.1, -0.05) is 97.2 Å².